The standard InChI is InChI=1S/C14H22F6O3/c1-8(2)6-9(23-10(21)11(3,4)5)7-12(22,13(15,16)17)14(18,19)20/h8-9,22H,6-7H2,1-5H3. The third kappa shape index (κ3) is 5.86. The molecule has 23 heavy (non-hydrogen) atoms. The van der Waals surface area contributed by atoms with Crippen molar-refractivity contribution in [2.45, 2.75) is 71.5 Å². The van der Waals surface area contributed by atoms with Crippen molar-refractivity contribution in [3.63, 3.8) is 0 Å². The van der Waals surface area contributed by atoms with Crippen molar-refractivity contribution in [1.82, 2.24) is 0 Å². The average molecular weight is 352 g/mol. The Kier molecular flexibility index (Phi) is 6.57. The second kappa shape index (κ2) is 6.86. The van der Waals surface area contributed by atoms with Crippen LogP contribution in [-0.2, 0) is 9.53 Å². The molecule has 0 spiro atoms. The first kappa shape index (κ1) is 22.0. The minimum Gasteiger partial charge on any atom is -0.462 e. The number of aliphatic hydroxyl groups is 1. The minimum atomic E-state index is -5.94. The van der Waals surface area contributed by atoms with E-state index in [1.807, 2.05) is 0 Å². The number of halogens is 6. The van der Waals surface area contributed by atoms with Gasteiger partial charge in [0.05, 0.1) is 5.41 Å². The van der Waals surface area contributed by atoms with Crippen LogP contribution in [0.4, 0.5) is 26.3 Å². The van der Waals surface area contributed by atoms with Gasteiger partial charge in [0.15, 0.2) is 0 Å². The molecule has 1 N–H and O–H groups in total. The first-order valence-electron chi connectivity index (χ1n) is 6.98. The van der Waals surface area contributed by atoms with E-state index in [1.165, 1.54) is 20.8 Å². The number of carbonyl (C=O) groups excluding carboxylic acids is 1. The first-order valence-corrected chi connectivity index (χ1v) is 6.98. The first-order chi connectivity index (χ1) is 9.92. The van der Waals surface area contributed by atoms with Gasteiger partial charge in [0.2, 0.25) is 0 Å². The van der Waals surface area contributed by atoms with Gasteiger partial charge in [0.1, 0.15) is 6.10 Å². The van der Waals surface area contributed by atoms with Gasteiger partial charge in [-0.2, -0.15) is 26.3 Å². The number of carbonyl (C=O) groups is 1. The van der Waals surface area contributed by atoms with Crippen LogP contribution in [0.25, 0.3) is 0 Å². The molecule has 0 heterocycles. The molecule has 138 valence electrons. The molecule has 0 aromatic rings. The predicted octanol–water partition coefficient (Wildman–Crippen LogP) is 4.24. The van der Waals surface area contributed by atoms with Crippen LogP contribution in [0, 0.1) is 11.3 Å². The van der Waals surface area contributed by atoms with E-state index in [9.17, 15) is 36.2 Å². The Morgan fingerprint density at radius 3 is 1.65 bits per heavy atom. The number of ether oxygens (including phenoxy) is 1. The Morgan fingerprint density at radius 1 is 1.00 bits per heavy atom. The van der Waals surface area contributed by atoms with Crippen LogP contribution in [0.15, 0.2) is 0 Å². The Morgan fingerprint density at radius 2 is 1.39 bits per heavy atom. The smallest absolute Gasteiger partial charge is 0.426 e. The molecule has 9 heteroatoms. The molecule has 0 rings (SSSR count). The zero-order valence-corrected chi connectivity index (χ0v) is 13.6. The Balaban J connectivity index is 5.54. The van der Waals surface area contributed by atoms with Gasteiger partial charge < -0.3 is 9.84 Å². The topological polar surface area (TPSA) is 46.5 Å². The fourth-order valence-electron chi connectivity index (χ4n) is 1.75. The van der Waals surface area contributed by atoms with Gasteiger partial charge in [-0.1, -0.05) is 13.8 Å². The summed E-state index contributed by atoms with van der Waals surface area (Å²) in [4.78, 5) is 11.8. The summed E-state index contributed by atoms with van der Waals surface area (Å²) in [5.41, 5.74) is -6.03. The van der Waals surface area contributed by atoms with Gasteiger partial charge in [0, 0.05) is 6.42 Å². The highest BCUT2D eigenvalue weighted by molar-refractivity contribution is 5.75. The summed E-state index contributed by atoms with van der Waals surface area (Å²) in [6.07, 6.45) is -15.6. The van der Waals surface area contributed by atoms with E-state index in [0.717, 1.165) is 0 Å². The van der Waals surface area contributed by atoms with E-state index >= 15 is 0 Å². The lowest BCUT2D eigenvalue weighted by Gasteiger charge is -2.36. The zero-order valence-electron chi connectivity index (χ0n) is 13.6. The largest absolute Gasteiger partial charge is 0.462 e. The van der Waals surface area contributed by atoms with Crippen molar-refractivity contribution in [2.24, 2.45) is 11.3 Å². The van der Waals surface area contributed by atoms with Crippen LogP contribution in [0.3, 0.4) is 0 Å². The molecule has 0 saturated heterocycles. The van der Waals surface area contributed by atoms with Gasteiger partial charge >= 0.3 is 18.3 Å². The van der Waals surface area contributed by atoms with Crippen molar-refractivity contribution in [2.75, 3.05) is 0 Å². The average Bonchev–Trinajstić information content (AvgIpc) is 2.22. The third-order valence-corrected chi connectivity index (χ3v) is 3.08. The maximum Gasteiger partial charge on any atom is 0.426 e. The normalized spacial score (nSPS) is 15.7. The van der Waals surface area contributed by atoms with Crippen LogP contribution in [0.1, 0.15) is 47.5 Å². The van der Waals surface area contributed by atoms with Gasteiger partial charge in [-0.3, -0.25) is 4.79 Å². The highest BCUT2D eigenvalue weighted by Crippen LogP contribution is 2.46. The Labute approximate surface area is 131 Å². The van der Waals surface area contributed by atoms with Gasteiger partial charge in [-0.15, -0.1) is 0 Å². The Bertz CT molecular complexity index is 392. The van der Waals surface area contributed by atoms with Gasteiger partial charge in [0.25, 0.3) is 5.60 Å². The summed E-state index contributed by atoms with van der Waals surface area (Å²) < 4.78 is 81.4. The lowest BCUT2D eigenvalue weighted by atomic mass is 9.90. The zero-order chi connectivity index (χ0) is 18.9. The molecule has 0 bridgehead atoms. The number of hydrogen-bond acceptors (Lipinski definition) is 3. The van der Waals surface area contributed by atoms with Gasteiger partial charge in [-0.25, -0.2) is 0 Å². The molecule has 0 aromatic carbocycles. The lowest BCUT2D eigenvalue weighted by molar-refractivity contribution is -0.374. The Hall–Kier alpha value is -0.990. The second-order valence-corrected chi connectivity index (χ2v) is 6.97. The maximum absolute atomic E-state index is 12.8. The summed E-state index contributed by atoms with van der Waals surface area (Å²) in [5.74, 6) is -1.27. The summed E-state index contributed by atoms with van der Waals surface area (Å²) in [5, 5.41) is 9.24. The van der Waals surface area contributed by atoms with Crippen molar-refractivity contribution < 1.29 is 41.0 Å². The second-order valence-electron chi connectivity index (χ2n) is 6.97. The highest BCUT2D eigenvalue weighted by Gasteiger charge is 2.70. The molecule has 0 radical (unpaired) electrons. The van der Waals surface area contributed by atoms with E-state index in [4.69, 9.17) is 4.74 Å². The van der Waals surface area contributed by atoms with E-state index in [0.29, 0.717) is 0 Å². The van der Waals surface area contributed by atoms with Crippen LogP contribution >= 0.6 is 0 Å². The van der Waals surface area contributed by atoms with Crippen LogP contribution < -0.4 is 0 Å². The monoisotopic (exact) mass is 352 g/mol. The fourth-order valence-corrected chi connectivity index (χ4v) is 1.75. The van der Waals surface area contributed by atoms with Crippen molar-refractivity contribution in [3.8, 4) is 0 Å². The number of hydrogen-bond donors (Lipinski definition) is 1. The van der Waals surface area contributed by atoms with Gasteiger partial charge in [-0.05, 0) is 33.1 Å². The van der Waals surface area contributed by atoms with Crippen LogP contribution in [0.2, 0.25) is 0 Å². The molecule has 0 aliphatic heterocycles. The molecular formula is C14H22F6O3. The van der Waals surface area contributed by atoms with E-state index in [-0.39, 0.29) is 12.3 Å². The number of rotatable bonds is 5. The molecule has 1 unspecified atom stereocenters. The fraction of sp³-hybridized carbons (Fsp3) is 0.929. The summed E-state index contributed by atoms with van der Waals surface area (Å²) >= 11 is 0. The summed E-state index contributed by atoms with van der Waals surface area (Å²) in [6.45, 7) is 7.36. The maximum atomic E-state index is 12.8. The van der Waals surface area contributed by atoms with E-state index in [2.05, 4.69) is 0 Å². The summed E-state index contributed by atoms with van der Waals surface area (Å²) in [6, 6.07) is 0. The van der Waals surface area contributed by atoms with E-state index in [1.54, 1.807) is 13.8 Å². The van der Waals surface area contributed by atoms with Crippen molar-refractivity contribution >= 4 is 5.97 Å². The molecule has 0 aliphatic rings. The number of esters is 1. The van der Waals surface area contributed by atoms with Crippen molar-refractivity contribution in [3.05, 3.63) is 0 Å². The lowest BCUT2D eigenvalue weighted by Crippen LogP contribution is -2.58. The molecule has 3 nitrogen and oxygen atoms in total. The SMILES string of the molecule is CC(C)CC(CC(O)(C(F)(F)F)C(F)(F)F)OC(=O)C(C)(C)C. The molecule has 0 aromatic heterocycles. The van der Waals surface area contributed by atoms with Crippen LogP contribution in [-0.4, -0.2) is 35.1 Å². The minimum absolute atomic E-state index is 0.240. The quantitative estimate of drug-likeness (QED) is 0.595. The predicted molar refractivity (Wildman–Crippen MR) is 70.5 cm³/mol. The molecule has 0 amide bonds. The van der Waals surface area contributed by atoms with Crippen molar-refractivity contribution in [1.29, 1.82) is 0 Å². The molecule has 1 atom stereocenters. The summed E-state index contributed by atoms with van der Waals surface area (Å²) in [7, 11) is 0. The molecule has 0 fully saturated rings. The molecule has 0 saturated carbocycles. The molecule has 0 aliphatic carbocycles. The third-order valence-electron chi connectivity index (χ3n) is 3.08. The van der Waals surface area contributed by atoms with E-state index < -0.39 is 41.9 Å². The van der Waals surface area contributed by atoms with Crippen LogP contribution in [0.5, 0.6) is 0 Å². The highest BCUT2D eigenvalue weighted by atomic mass is 19.4. The number of alkyl halides is 6. The molecular weight excluding hydrogens is 330 g/mol.